The van der Waals surface area contributed by atoms with Crippen molar-refractivity contribution in [1.29, 1.82) is 0 Å². The molecule has 0 radical (unpaired) electrons. The molecule has 0 amide bonds. The van der Waals surface area contributed by atoms with Gasteiger partial charge in [0.05, 0.1) is 0 Å². The Balaban J connectivity index is 0.000000495. The summed E-state index contributed by atoms with van der Waals surface area (Å²) in [5.74, 6) is -4.65. The molecule has 0 heterocycles. The van der Waals surface area contributed by atoms with Crippen molar-refractivity contribution in [2.24, 2.45) is 0 Å². The van der Waals surface area contributed by atoms with Gasteiger partial charge >= 0.3 is 0 Å². The van der Waals surface area contributed by atoms with Crippen LogP contribution in [0.4, 0.5) is 35.1 Å². The van der Waals surface area contributed by atoms with Crippen LogP contribution in [0, 0.1) is 70.8 Å². The maximum atomic E-state index is 11.9. The number of benzene rings is 4. The summed E-state index contributed by atoms with van der Waals surface area (Å²) in [6.07, 6.45) is 0. The van der Waals surface area contributed by atoms with Gasteiger partial charge < -0.3 is 0 Å². The topological polar surface area (TPSA) is 0 Å². The fourth-order valence-corrected chi connectivity index (χ4v) is 2.24. The second kappa shape index (κ2) is 24.3. The molecule has 0 saturated heterocycles. The van der Waals surface area contributed by atoms with Crippen LogP contribution in [-0.4, -0.2) is 0 Å². The van der Waals surface area contributed by atoms with Crippen molar-refractivity contribution in [3.05, 3.63) is 204 Å². The molecule has 0 spiro atoms. The summed E-state index contributed by atoms with van der Waals surface area (Å²) in [4.78, 5) is 0. The van der Waals surface area contributed by atoms with Crippen LogP contribution in [0.3, 0.4) is 0 Å². The van der Waals surface area contributed by atoms with Gasteiger partial charge in [0.2, 0.25) is 0 Å². The van der Waals surface area contributed by atoms with E-state index >= 15 is 0 Å². The van der Waals surface area contributed by atoms with Crippen LogP contribution in [0.15, 0.2) is 133 Å². The molecule has 0 bridgehead atoms. The van der Waals surface area contributed by atoms with Gasteiger partial charge in [0, 0.05) is 68.3 Å². The Morgan fingerprint density at radius 2 is 0.674 bits per heavy atom. The van der Waals surface area contributed by atoms with Crippen molar-refractivity contribution in [1.82, 2.24) is 0 Å². The first kappa shape index (κ1) is 38.7. The van der Waals surface area contributed by atoms with E-state index in [1.807, 2.05) is 72.8 Å². The van der Waals surface area contributed by atoms with E-state index in [4.69, 9.17) is 0 Å². The molecule has 6 rings (SSSR count). The van der Waals surface area contributed by atoms with Crippen molar-refractivity contribution in [2.75, 3.05) is 0 Å². The van der Waals surface area contributed by atoms with E-state index in [9.17, 15) is 35.1 Å². The summed E-state index contributed by atoms with van der Waals surface area (Å²) < 4.78 is 95.0. The van der Waals surface area contributed by atoms with Gasteiger partial charge in [-0.15, -0.1) is 84.9 Å². The molecule has 224 valence electrons. The first-order valence-electron chi connectivity index (χ1n) is 11.8. The molecule has 6 aromatic rings. The predicted molar refractivity (Wildman–Crippen MR) is 145 cm³/mol. The minimum absolute atomic E-state index is 0. The number of hydrogen-bond donors (Lipinski definition) is 0. The van der Waals surface area contributed by atoms with Crippen LogP contribution in [0.1, 0.15) is 0 Å². The van der Waals surface area contributed by atoms with Gasteiger partial charge in [-0.1, -0.05) is 0 Å². The van der Waals surface area contributed by atoms with Crippen LogP contribution in [-0.2, 0) is 21.7 Å². The zero-order valence-corrected chi connectivity index (χ0v) is 23.8. The van der Waals surface area contributed by atoms with Crippen LogP contribution >= 0.6 is 0 Å². The smallest absolute Gasteiger partial charge is 0.0136 e. The Morgan fingerprint density at radius 3 is 0.814 bits per heavy atom. The summed E-state index contributed by atoms with van der Waals surface area (Å²) in [6, 6.07) is 41.0. The largest absolute Gasteiger partial charge is 0.284 e. The van der Waals surface area contributed by atoms with Crippen molar-refractivity contribution in [3.63, 3.8) is 0 Å². The zero-order chi connectivity index (χ0) is 31.0. The summed E-state index contributed by atoms with van der Waals surface area (Å²) in [6.45, 7) is 0. The van der Waals surface area contributed by atoms with Crippen LogP contribution in [0.2, 0.25) is 0 Å². The minimum Gasteiger partial charge on any atom is -0.284 e. The monoisotopic (exact) mass is 630 g/mol. The SMILES string of the molecule is Fc1[c-]c(F)ccc1.Fc1[c-]c(F)ccc1.Fc1[c-]cc(F)cc1.Fc1[c-]cc(F)cc1.[Ti].c1cc[cH-]c1.c1cc[cH-]c1. The van der Waals surface area contributed by atoms with Crippen molar-refractivity contribution in [2.45, 2.75) is 0 Å². The first-order valence-corrected chi connectivity index (χ1v) is 11.8. The van der Waals surface area contributed by atoms with Crippen molar-refractivity contribution in [3.8, 4) is 0 Å². The molecule has 0 atom stereocenters. The Hall–Kier alpha value is -4.27. The number of rotatable bonds is 0. The standard InChI is InChI=1S/4C6H3F2.2C5H5.Ti/c2*7-5-1-2-6(8)4-3-5;2*7-5-2-1-3-6(8)4-5;2*1-2-4-5-3-1;/h4*1-3H;2*1-5H;/q6*-1;. The van der Waals surface area contributed by atoms with Gasteiger partial charge in [-0.2, -0.15) is 48.5 Å². The Morgan fingerprint density at radius 1 is 0.372 bits per heavy atom. The molecule has 0 aliphatic rings. The third kappa shape index (κ3) is 23.0. The minimum atomic E-state index is -0.662. The van der Waals surface area contributed by atoms with Gasteiger partial charge in [0.15, 0.2) is 0 Å². The molecule has 0 aromatic heterocycles. The third-order valence-corrected chi connectivity index (χ3v) is 4.03. The van der Waals surface area contributed by atoms with Gasteiger partial charge in [-0.25, -0.2) is 50.6 Å². The maximum absolute atomic E-state index is 11.9. The zero-order valence-electron chi connectivity index (χ0n) is 22.2. The average Bonchev–Trinajstić information content (AvgIpc) is 3.73. The Bertz CT molecular complexity index is 1210. The first-order chi connectivity index (χ1) is 20.2. The van der Waals surface area contributed by atoms with Crippen molar-refractivity contribution < 1.29 is 56.8 Å². The van der Waals surface area contributed by atoms with Crippen LogP contribution in [0.25, 0.3) is 0 Å². The second-order valence-electron chi connectivity index (χ2n) is 7.33. The molecule has 0 saturated carbocycles. The van der Waals surface area contributed by atoms with Crippen LogP contribution < -0.4 is 0 Å². The van der Waals surface area contributed by atoms with E-state index < -0.39 is 46.5 Å². The normalized spacial score (nSPS) is 8.74. The van der Waals surface area contributed by atoms with E-state index in [0.29, 0.717) is 0 Å². The van der Waals surface area contributed by atoms with E-state index in [2.05, 4.69) is 12.1 Å². The molecule has 0 unspecified atom stereocenters. The van der Waals surface area contributed by atoms with E-state index in [0.717, 1.165) is 60.7 Å². The quantitative estimate of drug-likeness (QED) is 0.0891. The molecule has 0 aliphatic heterocycles. The number of halogens is 8. The average molecular weight is 630 g/mol. The molecule has 0 fully saturated rings. The van der Waals surface area contributed by atoms with E-state index in [-0.39, 0.29) is 21.7 Å². The molecule has 43 heavy (non-hydrogen) atoms. The maximum Gasteiger partial charge on any atom is 0.0136 e. The van der Waals surface area contributed by atoms with E-state index in [1.165, 1.54) is 12.1 Å². The molecular weight excluding hydrogens is 608 g/mol. The van der Waals surface area contributed by atoms with Gasteiger partial charge in [0.25, 0.3) is 0 Å². The molecule has 0 aliphatic carbocycles. The molecule has 0 nitrogen and oxygen atoms in total. The van der Waals surface area contributed by atoms with Gasteiger partial charge in [0.1, 0.15) is 0 Å². The van der Waals surface area contributed by atoms with Crippen molar-refractivity contribution >= 4 is 0 Å². The fourth-order valence-electron chi connectivity index (χ4n) is 2.24. The summed E-state index contributed by atoms with van der Waals surface area (Å²) >= 11 is 0. The fraction of sp³-hybridized carbons (Fsp3) is 0. The van der Waals surface area contributed by atoms with Gasteiger partial charge in [-0.3, -0.25) is 8.78 Å². The molecular formula is C34H22F8Ti-6. The predicted octanol–water partition coefficient (Wildman–Crippen LogP) is 9.87. The Labute approximate surface area is 260 Å². The molecule has 6 aromatic carbocycles. The molecule has 0 N–H and O–H groups in total. The van der Waals surface area contributed by atoms with Gasteiger partial charge in [-0.05, 0) is 0 Å². The van der Waals surface area contributed by atoms with E-state index in [1.54, 1.807) is 0 Å². The second-order valence-corrected chi connectivity index (χ2v) is 7.33. The number of hydrogen-bond acceptors (Lipinski definition) is 0. The molecule has 9 heteroatoms. The van der Waals surface area contributed by atoms with Crippen LogP contribution in [0.5, 0.6) is 0 Å². The summed E-state index contributed by atoms with van der Waals surface area (Å²) in [5, 5.41) is 0. The summed E-state index contributed by atoms with van der Waals surface area (Å²) in [5.41, 5.74) is 0. The summed E-state index contributed by atoms with van der Waals surface area (Å²) in [7, 11) is 0. The Kier molecular flexibility index (Phi) is 21.9. The third-order valence-electron chi connectivity index (χ3n) is 4.03.